The van der Waals surface area contributed by atoms with Gasteiger partial charge in [-0.2, -0.15) is 0 Å². The van der Waals surface area contributed by atoms with Gasteiger partial charge < -0.3 is 10.2 Å². The predicted octanol–water partition coefficient (Wildman–Crippen LogP) is 2.80. The Kier molecular flexibility index (Phi) is 5.26. The zero-order chi connectivity index (χ0) is 13.7. The van der Waals surface area contributed by atoms with Gasteiger partial charge in [0.05, 0.1) is 0 Å². The lowest BCUT2D eigenvalue weighted by atomic mass is 9.86. The van der Waals surface area contributed by atoms with Gasteiger partial charge in [0.25, 0.3) is 0 Å². The summed E-state index contributed by atoms with van der Waals surface area (Å²) in [5.41, 5.74) is -0.0583. The van der Waals surface area contributed by atoms with Gasteiger partial charge in [0.15, 0.2) is 0 Å². The Hall–Kier alpha value is -0.570. The molecular weight excluding hydrogens is 236 g/mol. The summed E-state index contributed by atoms with van der Waals surface area (Å²) in [4.78, 5) is 15.0. The molecule has 1 amide bonds. The highest BCUT2D eigenvalue weighted by Gasteiger charge is 2.39. The summed E-state index contributed by atoms with van der Waals surface area (Å²) < 4.78 is 0. The van der Waals surface area contributed by atoms with Crippen LogP contribution in [0.15, 0.2) is 0 Å². The third-order valence-corrected chi connectivity index (χ3v) is 4.88. The molecule has 0 aromatic carbocycles. The van der Waals surface area contributed by atoms with Crippen molar-refractivity contribution >= 4 is 5.91 Å². The second kappa shape index (κ2) is 6.74. The highest BCUT2D eigenvalue weighted by Crippen LogP contribution is 2.39. The van der Waals surface area contributed by atoms with E-state index in [0.29, 0.717) is 11.8 Å². The van der Waals surface area contributed by atoms with Gasteiger partial charge in [-0.3, -0.25) is 4.79 Å². The van der Waals surface area contributed by atoms with Crippen molar-refractivity contribution in [3.63, 3.8) is 0 Å². The average Bonchev–Trinajstić information content (AvgIpc) is 2.87. The third kappa shape index (κ3) is 3.71. The number of nitrogens with zero attached hydrogens (tertiary/aromatic N) is 1. The fourth-order valence-corrected chi connectivity index (χ4v) is 3.69. The van der Waals surface area contributed by atoms with Crippen molar-refractivity contribution in [1.29, 1.82) is 0 Å². The third-order valence-electron chi connectivity index (χ3n) is 4.88. The van der Waals surface area contributed by atoms with E-state index in [2.05, 4.69) is 24.1 Å². The Bertz CT molecular complexity index is 291. The largest absolute Gasteiger partial charge is 0.342 e. The molecule has 3 nitrogen and oxygen atoms in total. The molecule has 1 heterocycles. The molecule has 1 aliphatic heterocycles. The fraction of sp³-hybridized carbons (Fsp3) is 0.938. The van der Waals surface area contributed by atoms with Gasteiger partial charge in [-0.15, -0.1) is 0 Å². The van der Waals surface area contributed by atoms with Crippen LogP contribution < -0.4 is 5.32 Å². The van der Waals surface area contributed by atoms with Crippen LogP contribution in [0.3, 0.4) is 0 Å². The van der Waals surface area contributed by atoms with Crippen LogP contribution in [0.5, 0.6) is 0 Å². The molecule has 2 aliphatic rings. The standard InChI is InChI=1S/C16H30N2O/c1-3-11-18(13-14-7-6-10-17-12-14)15(19)16(2)8-4-5-9-16/h14,17H,3-13H2,1-2H3. The molecule has 1 N–H and O–H groups in total. The zero-order valence-corrected chi connectivity index (χ0v) is 12.7. The highest BCUT2D eigenvalue weighted by atomic mass is 16.2. The van der Waals surface area contributed by atoms with Crippen LogP contribution in [-0.4, -0.2) is 37.0 Å². The predicted molar refractivity (Wildman–Crippen MR) is 79.0 cm³/mol. The molecule has 2 rings (SSSR count). The molecule has 0 radical (unpaired) electrons. The lowest BCUT2D eigenvalue weighted by Gasteiger charge is -2.35. The Morgan fingerprint density at radius 3 is 2.63 bits per heavy atom. The maximum Gasteiger partial charge on any atom is 0.228 e. The van der Waals surface area contributed by atoms with E-state index in [9.17, 15) is 4.79 Å². The van der Waals surface area contributed by atoms with Crippen molar-refractivity contribution in [2.75, 3.05) is 26.2 Å². The van der Waals surface area contributed by atoms with Gasteiger partial charge in [0.1, 0.15) is 0 Å². The Morgan fingerprint density at radius 1 is 1.32 bits per heavy atom. The van der Waals surface area contributed by atoms with Gasteiger partial charge in [0, 0.05) is 18.5 Å². The molecule has 1 saturated carbocycles. The van der Waals surface area contributed by atoms with Gasteiger partial charge >= 0.3 is 0 Å². The van der Waals surface area contributed by atoms with Crippen LogP contribution in [-0.2, 0) is 4.79 Å². The summed E-state index contributed by atoms with van der Waals surface area (Å²) in [6.45, 7) is 8.50. The topological polar surface area (TPSA) is 32.3 Å². The first-order valence-electron chi connectivity index (χ1n) is 8.16. The molecule has 0 bridgehead atoms. The maximum absolute atomic E-state index is 12.8. The lowest BCUT2D eigenvalue weighted by molar-refractivity contribution is -0.141. The lowest BCUT2D eigenvalue weighted by Crippen LogP contribution is -2.46. The van der Waals surface area contributed by atoms with E-state index in [1.165, 1.54) is 25.7 Å². The van der Waals surface area contributed by atoms with Crippen LogP contribution in [0.1, 0.15) is 58.8 Å². The maximum atomic E-state index is 12.8. The van der Waals surface area contributed by atoms with Gasteiger partial charge in [0.2, 0.25) is 5.91 Å². The summed E-state index contributed by atoms with van der Waals surface area (Å²) in [6, 6.07) is 0. The second-order valence-electron chi connectivity index (χ2n) is 6.73. The average molecular weight is 266 g/mol. The molecule has 1 aliphatic carbocycles. The number of piperidine rings is 1. The summed E-state index contributed by atoms with van der Waals surface area (Å²) in [6.07, 6.45) is 8.25. The molecule has 0 aromatic heterocycles. The van der Waals surface area contributed by atoms with Gasteiger partial charge in [-0.05, 0) is 51.1 Å². The van der Waals surface area contributed by atoms with Crippen molar-refractivity contribution in [3.05, 3.63) is 0 Å². The summed E-state index contributed by atoms with van der Waals surface area (Å²) in [5.74, 6) is 1.09. The number of amides is 1. The number of hydrogen-bond acceptors (Lipinski definition) is 2. The molecule has 2 fully saturated rings. The minimum atomic E-state index is -0.0583. The molecule has 0 spiro atoms. The highest BCUT2D eigenvalue weighted by molar-refractivity contribution is 5.82. The van der Waals surface area contributed by atoms with E-state index >= 15 is 0 Å². The molecule has 3 heteroatoms. The first-order valence-corrected chi connectivity index (χ1v) is 8.16. The Balaban J connectivity index is 1.95. The molecule has 1 atom stereocenters. The van der Waals surface area contributed by atoms with Crippen LogP contribution >= 0.6 is 0 Å². The van der Waals surface area contributed by atoms with Crippen molar-refractivity contribution in [2.45, 2.75) is 58.8 Å². The van der Waals surface area contributed by atoms with Gasteiger partial charge in [-0.1, -0.05) is 26.7 Å². The Morgan fingerprint density at radius 2 is 2.05 bits per heavy atom. The minimum absolute atomic E-state index is 0.0583. The molecule has 0 aromatic rings. The SMILES string of the molecule is CCCN(CC1CCCNC1)C(=O)C1(C)CCCC1. The molecule has 1 saturated heterocycles. The van der Waals surface area contributed by atoms with E-state index in [1.54, 1.807) is 0 Å². The summed E-state index contributed by atoms with van der Waals surface area (Å²) in [5, 5.41) is 3.46. The normalized spacial score (nSPS) is 26.3. The number of rotatable bonds is 5. The van der Waals surface area contributed by atoms with E-state index in [-0.39, 0.29) is 5.41 Å². The van der Waals surface area contributed by atoms with Gasteiger partial charge in [-0.25, -0.2) is 0 Å². The van der Waals surface area contributed by atoms with Crippen LogP contribution in [0.2, 0.25) is 0 Å². The first kappa shape index (κ1) is 14.8. The second-order valence-corrected chi connectivity index (χ2v) is 6.73. The smallest absolute Gasteiger partial charge is 0.228 e. The summed E-state index contributed by atoms with van der Waals surface area (Å²) >= 11 is 0. The zero-order valence-electron chi connectivity index (χ0n) is 12.7. The van der Waals surface area contributed by atoms with Crippen molar-refractivity contribution in [1.82, 2.24) is 10.2 Å². The quantitative estimate of drug-likeness (QED) is 0.830. The molecule has 19 heavy (non-hydrogen) atoms. The fourth-order valence-electron chi connectivity index (χ4n) is 3.69. The van der Waals surface area contributed by atoms with E-state index in [4.69, 9.17) is 0 Å². The van der Waals surface area contributed by atoms with Crippen LogP contribution in [0, 0.1) is 11.3 Å². The van der Waals surface area contributed by atoms with Crippen LogP contribution in [0.25, 0.3) is 0 Å². The van der Waals surface area contributed by atoms with Crippen molar-refractivity contribution in [3.8, 4) is 0 Å². The summed E-state index contributed by atoms with van der Waals surface area (Å²) in [7, 11) is 0. The number of carbonyl (C=O) groups excluding carboxylic acids is 1. The van der Waals surface area contributed by atoms with Crippen molar-refractivity contribution in [2.24, 2.45) is 11.3 Å². The minimum Gasteiger partial charge on any atom is -0.342 e. The molecule has 110 valence electrons. The van der Waals surface area contributed by atoms with E-state index < -0.39 is 0 Å². The first-order chi connectivity index (χ1) is 9.15. The van der Waals surface area contributed by atoms with Crippen LogP contribution in [0.4, 0.5) is 0 Å². The monoisotopic (exact) mass is 266 g/mol. The Labute approximate surface area is 118 Å². The van der Waals surface area contributed by atoms with Crippen molar-refractivity contribution < 1.29 is 4.79 Å². The van der Waals surface area contributed by atoms with E-state index in [1.807, 2.05) is 0 Å². The number of nitrogens with one attached hydrogen (secondary N) is 1. The number of carbonyl (C=O) groups is 1. The molecule has 1 unspecified atom stereocenters. The van der Waals surface area contributed by atoms with E-state index in [0.717, 1.165) is 45.4 Å². The number of hydrogen-bond donors (Lipinski definition) is 1. The molecular formula is C16H30N2O.